The van der Waals surface area contributed by atoms with Crippen LogP contribution >= 0.6 is 11.6 Å². The van der Waals surface area contributed by atoms with Gasteiger partial charge in [0.1, 0.15) is 6.04 Å². The first-order valence-corrected chi connectivity index (χ1v) is 5.96. The van der Waals surface area contributed by atoms with Crippen LogP contribution in [0.2, 0.25) is 5.02 Å². The van der Waals surface area contributed by atoms with Crippen LogP contribution in [0.3, 0.4) is 0 Å². The second-order valence-corrected chi connectivity index (χ2v) is 4.38. The number of hydrogen-bond donors (Lipinski definition) is 3. The molecule has 2 amide bonds. The molecule has 0 radical (unpaired) electrons. The lowest BCUT2D eigenvalue weighted by molar-refractivity contribution is -0.139. The number of rotatable bonds is 6. The number of benzene rings is 1. The summed E-state index contributed by atoms with van der Waals surface area (Å²) in [7, 11) is 0. The first-order valence-electron chi connectivity index (χ1n) is 5.59. The standard InChI is InChI=1S/C12H12ClFN2O4/c13-7-3-1-2-6(10(7)14)11(18)16-8(12(19)20)4-5-9(15)17/h1-3,8H,4-5H2,(H2,15,17)(H,16,18)(H,19,20)/t8-/m0/s1. The Balaban J connectivity index is 2.83. The van der Waals surface area contributed by atoms with Crippen molar-refractivity contribution < 1.29 is 23.9 Å². The van der Waals surface area contributed by atoms with E-state index in [4.69, 9.17) is 22.4 Å². The predicted octanol–water partition coefficient (Wildman–Crippen LogP) is 0.928. The number of carboxylic acid groups (broad SMARTS) is 1. The SMILES string of the molecule is NC(=O)CC[C@H](NC(=O)c1cccc(Cl)c1F)C(=O)O. The maximum absolute atomic E-state index is 13.6. The molecule has 4 N–H and O–H groups in total. The van der Waals surface area contributed by atoms with Crippen molar-refractivity contribution in [2.24, 2.45) is 5.73 Å². The molecule has 0 heterocycles. The highest BCUT2D eigenvalue weighted by molar-refractivity contribution is 6.31. The van der Waals surface area contributed by atoms with Gasteiger partial charge in [-0.1, -0.05) is 17.7 Å². The summed E-state index contributed by atoms with van der Waals surface area (Å²) in [5.41, 5.74) is 4.53. The highest BCUT2D eigenvalue weighted by Gasteiger charge is 2.23. The molecule has 0 saturated carbocycles. The van der Waals surface area contributed by atoms with Gasteiger partial charge in [-0.15, -0.1) is 0 Å². The predicted molar refractivity (Wildman–Crippen MR) is 68.7 cm³/mol. The minimum Gasteiger partial charge on any atom is -0.480 e. The summed E-state index contributed by atoms with van der Waals surface area (Å²) in [6.07, 6.45) is -0.395. The molecule has 0 aliphatic carbocycles. The summed E-state index contributed by atoms with van der Waals surface area (Å²) >= 11 is 5.53. The molecular formula is C12H12ClFN2O4. The van der Waals surface area contributed by atoms with Crippen LogP contribution in [0.15, 0.2) is 18.2 Å². The van der Waals surface area contributed by atoms with Gasteiger partial charge in [-0.25, -0.2) is 9.18 Å². The van der Waals surface area contributed by atoms with Crippen molar-refractivity contribution in [3.8, 4) is 0 Å². The number of carboxylic acids is 1. The van der Waals surface area contributed by atoms with Crippen LogP contribution in [0, 0.1) is 5.82 Å². The fourth-order valence-electron chi connectivity index (χ4n) is 1.46. The van der Waals surface area contributed by atoms with Crippen molar-refractivity contribution in [1.29, 1.82) is 0 Å². The lowest BCUT2D eigenvalue weighted by atomic mass is 10.1. The molecule has 1 aromatic carbocycles. The highest BCUT2D eigenvalue weighted by atomic mass is 35.5. The molecule has 0 fully saturated rings. The first kappa shape index (κ1) is 15.9. The number of carbonyl (C=O) groups is 3. The summed E-state index contributed by atoms with van der Waals surface area (Å²) in [5.74, 6) is -3.91. The summed E-state index contributed by atoms with van der Waals surface area (Å²) < 4.78 is 13.6. The number of nitrogens with one attached hydrogen (secondary N) is 1. The van der Waals surface area contributed by atoms with E-state index in [2.05, 4.69) is 5.32 Å². The van der Waals surface area contributed by atoms with Crippen molar-refractivity contribution in [2.75, 3.05) is 0 Å². The molecule has 0 saturated heterocycles. The van der Waals surface area contributed by atoms with E-state index < -0.39 is 29.6 Å². The number of nitrogens with two attached hydrogens (primary N) is 1. The third kappa shape index (κ3) is 4.20. The number of primary amides is 1. The molecule has 0 aliphatic rings. The largest absolute Gasteiger partial charge is 0.480 e. The molecule has 6 nitrogen and oxygen atoms in total. The van der Waals surface area contributed by atoms with Crippen LogP contribution in [0.4, 0.5) is 4.39 Å². The average molecular weight is 303 g/mol. The van der Waals surface area contributed by atoms with Crippen LogP contribution in [0.1, 0.15) is 23.2 Å². The van der Waals surface area contributed by atoms with Crippen molar-refractivity contribution in [3.63, 3.8) is 0 Å². The zero-order valence-corrected chi connectivity index (χ0v) is 11.0. The van der Waals surface area contributed by atoms with Crippen LogP contribution in [-0.4, -0.2) is 28.9 Å². The maximum Gasteiger partial charge on any atom is 0.326 e. The van der Waals surface area contributed by atoms with Gasteiger partial charge in [0.15, 0.2) is 5.82 Å². The quantitative estimate of drug-likeness (QED) is 0.726. The second kappa shape index (κ2) is 6.85. The summed E-state index contributed by atoms with van der Waals surface area (Å²) in [6, 6.07) is 2.45. The van der Waals surface area contributed by atoms with Gasteiger partial charge >= 0.3 is 5.97 Å². The Morgan fingerprint density at radius 2 is 2.05 bits per heavy atom. The Morgan fingerprint density at radius 1 is 1.40 bits per heavy atom. The van der Waals surface area contributed by atoms with Gasteiger partial charge in [0, 0.05) is 6.42 Å². The van der Waals surface area contributed by atoms with E-state index in [1.54, 1.807) is 0 Å². The van der Waals surface area contributed by atoms with Gasteiger partial charge in [-0.05, 0) is 18.6 Å². The number of hydrogen-bond acceptors (Lipinski definition) is 3. The molecule has 20 heavy (non-hydrogen) atoms. The Morgan fingerprint density at radius 3 is 2.60 bits per heavy atom. The molecule has 1 atom stereocenters. The van der Waals surface area contributed by atoms with Crippen molar-refractivity contribution >= 4 is 29.4 Å². The van der Waals surface area contributed by atoms with Gasteiger partial charge in [-0.2, -0.15) is 0 Å². The number of amides is 2. The van der Waals surface area contributed by atoms with Crippen LogP contribution in [0.5, 0.6) is 0 Å². The van der Waals surface area contributed by atoms with Crippen molar-refractivity contribution in [3.05, 3.63) is 34.6 Å². The molecule has 0 aromatic heterocycles. The second-order valence-electron chi connectivity index (χ2n) is 3.97. The van der Waals surface area contributed by atoms with Crippen LogP contribution in [0.25, 0.3) is 0 Å². The zero-order chi connectivity index (χ0) is 15.3. The third-order valence-corrected chi connectivity index (χ3v) is 2.77. The lowest BCUT2D eigenvalue weighted by Crippen LogP contribution is -2.41. The molecule has 0 aliphatic heterocycles. The monoisotopic (exact) mass is 302 g/mol. The summed E-state index contributed by atoms with van der Waals surface area (Å²) in [6.45, 7) is 0. The maximum atomic E-state index is 13.6. The van der Waals surface area contributed by atoms with E-state index in [0.29, 0.717) is 0 Å². The Kier molecular flexibility index (Phi) is 5.45. The van der Waals surface area contributed by atoms with Gasteiger partial charge in [0.25, 0.3) is 5.91 Å². The Labute approximate surface area is 118 Å². The minimum atomic E-state index is -1.35. The number of aliphatic carboxylic acids is 1. The Bertz CT molecular complexity index is 550. The molecule has 0 unspecified atom stereocenters. The summed E-state index contributed by atoms with van der Waals surface area (Å²) in [5, 5.41) is 10.8. The van der Waals surface area contributed by atoms with Gasteiger partial charge in [0.05, 0.1) is 10.6 Å². The molecular weight excluding hydrogens is 291 g/mol. The normalized spacial score (nSPS) is 11.7. The van der Waals surface area contributed by atoms with Crippen LogP contribution in [-0.2, 0) is 9.59 Å². The first-order chi connectivity index (χ1) is 9.32. The third-order valence-electron chi connectivity index (χ3n) is 2.48. The highest BCUT2D eigenvalue weighted by Crippen LogP contribution is 2.18. The van der Waals surface area contributed by atoms with Crippen molar-refractivity contribution in [1.82, 2.24) is 5.32 Å². The van der Waals surface area contributed by atoms with Gasteiger partial charge in [0.2, 0.25) is 5.91 Å². The summed E-state index contributed by atoms with van der Waals surface area (Å²) in [4.78, 5) is 33.4. The Hall–Kier alpha value is -2.15. The lowest BCUT2D eigenvalue weighted by Gasteiger charge is -2.14. The van der Waals surface area contributed by atoms with Crippen molar-refractivity contribution in [2.45, 2.75) is 18.9 Å². The van der Waals surface area contributed by atoms with E-state index in [-0.39, 0.29) is 23.4 Å². The molecule has 0 bridgehead atoms. The molecule has 1 aromatic rings. The zero-order valence-electron chi connectivity index (χ0n) is 10.2. The van der Waals surface area contributed by atoms with E-state index >= 15 is 0 Å². The van der Waals surface area contributed by atoms with Gasteiger partial charge in [-0.3, -0.25) is 9.59 Å². The molecule has 8 heteroatoms. The van der Waals surface area contributed by atoms with E-state index in [1.165, 1.54) is 18.2 Å². The average Bonchev–Trinajstić information content (AvgIpc) is 2.36. The topological polar surface area (TPSA) is 109 Å². The molecule has 108 valence electrons. The fraction of sp³-hybridized carbons (Fsp3) is 0.250. The number of carbonyl (C=O) groups excluding carboxylic acids is 2. The van der Waals surface area contributed by atoms with Crippen LogP contribution < -0.4 is 11.1 Å². The number of halogens is 2. The van der Waals surface area contributed by atoms with E-state index in [0.717, 1.165) is 0 Å². The fourth-order valence-corrected chi connectivity index (χ4v) is 1.63. The smallest absolute Gasteiger partial charge is 0.326 e. The molecule has 1 rings (SSSR count). The van der Waals surface area contributed by atoms with E-state index in [9.17, 15) is 18.8 Å². The molecule has 0 spiro atoms. The minimum absolute atomic E-state index is 0.182. The van der Waals surface area contributed by atoms with E-state index in [1.807, 2.05) is 0 Å². The van der Waals surface area contributed by atoms with Gasteiger partial charge < -0.3 is 16.2 Å².